The van der Waals surface area contributed by atoms with E-state index >= 15 is 0 Å². The molecule has 4 rings (SSSR count). The van der Waals surface area contributed by atoms with Crippen LogP contribution in [0.4, 0.5) is 5.00 Å². The quantitative estimate of drug-likeness (QED) is 0.365. The summed E-state index contributed by atoms with van der Waals surface area (Å²) in [5.41, 5.74) is 2.78. The summed E-state index contributed by atoms with van der Waals surface area (Å²) in [6, 6.07) is 7.34. The lowest BCUT2D eigenvalue weighted by Gasteiger charge is -2.33. The first-order valence-corrected chi connectivity index (χ1v) is 12.9. The summed E-state index contributed by atoms with van der Waals surface area (Å²) in [4.78, 5) is 19.4. The summed E-state index contributed by atoms with van der Waals surface area (Å²) in [5, 5.41) is 3.72. The first-order chi connectivity index (χ1) is 17.2. The summed E-state index contributed by atoms with van der Waals surface area (Å²) >= 11 is 1.61. The largest absolute Gasteiger partial charge is 0.493 e. The Kier molecular flexibility index (Phi) is 7.73. The number of carbonyl (C=O) groups is 1. The predicted octanol–water partition coefficient (Wildman–Crippen LogP) is 6.20. The van der Waals surface area contributed by atoms with Gasteiger partial charge in [-0.1, -0.05) is 20.8 Å². The number of carbonyl (C=O) groups excluding carboxylic acids is 1. The molecule has 1 amide bonds. The van der Waals surface area contributed by atoms with E-state index in [4.69, 9.17) is 23.6 Å². The van der Waals surface area contributed by atoms with Crippen LogP contribution < -0.4 is 19.5 Å². The first kappa shape index (κ1) is 25.8. The number of aliphatic imine (C=N–C) groups is 1. The monoisotopic (exact) mass is 510 g/mol. The standard InChI is InChI=1S/C28H34N2O5S/c1-28(2,3)18-9-10-20-23(14-18)36-27(24(20)26(31)29-16-19-8-7-11-35-19)30-15-17-12-21(32-4)25(34-6)22(13-17)33-5/h7-8,11-13,15,18H,9-10,14,16H2,1-6H3,(H,29,31)/t18-/m0/s1. The zero-order chi connectivity index (χ0) is 25.9. The number of nitrogens with zero attached hydrogens (tertiary/aromatic N) is 1. The molecular weight excluding hydrogens is 476 g/mol. The maximum absolute atomic E-state index is 13.4. The molecule has 0 saturated heterocycles. The zero-order valence-corrected chi connectivity index (χ0v) is 22.6. The van der Waals surface area contributed by atoms with Crippen molar-refractivity contribution in [2.45, 2.75) is 46.6 Å². The molecule has 36 heavy (non-hydrogen) atoms. The van der Waals surface area contributed by atoms with Gasteiger partial charge in [0.2, 0.25) is 5.75 Å². The Balaban J connectivity index is 1.69. The average Bonchev–Trinajstić information content (AvgIpc) is 3.51. The van der Waals surface area contributed by atoms with Gasteiger partial charge < -0.3 is 23.9 Å². The minimum Gasteiger partial charge on any atom is -0.493 e. The van der Waals surface area contributed by atoms with E-state index in [9.17, 15) is 4.79 Å². The van der Waals surface area contributed by atoms with Crippen molar-refractivity contribution in [3.05, 3.63) is 57.9 Å². The number of rotatable bonds is 8. The third kappa shape index (κ3) is 5.43. The molecule has 0 fully saturated rings. The van der Waals surface area contributed by atoms with Gasteiger partial charge in [0.25, 0.3) is 5.91 Å². The Hall–Kier alpha value is -3.26. The molecular formula is C28H34N2O5S. The van der Waals surface area contributed by atoms with Crippen LogP contribution in [0.1, 0.15) is 59.3 Å². The number of amides is 1. The number of furan rings is 1. The number of fused-ring (bicyclic) bond motifs is 1. The fourth-order valence-corrected chi connectivity index (χ4v) is 5.88. The van der Waals surface area contributed by atoms with E-state index in [-0.39, 0.29) is 11.3 Å². The van der Waals surface area contributed by atoms with Gasteiger partial charge in [-0.2, -0.15) is 0 Å². The van der Waals surface area contributed by atoms with Crippen LogP contribution in [0.3, 0.4) is 0 Å². The van der Waals surface area contributed by atoms with Crippen molar-refractivity contribution in [1.82, 2.24) is 5.32 Å². The smallest absolute Gasteiger partial charge is 0.255 e. The van der Waals surface area contributed by atoms with E-state index in [2.05, 4.69) is 26.1 Å². The van der Waals surface area contributed by atoms with Crippen LogP contribution in [0.2, 0.25) is 0 Å². The summed E-state index contributed by atoms with van der Waals surface area (Å²) in [5.74, 6) is 2.77. The molecule has 1 N–H and O–H groups in total. The van der Waals surface area contributed by atoms with Gasteiger partial charge in [-0.05, 0) is 60.4 Å². The second-order valence-corrected chi connectivity index (χ2v) is 11.1. The van der Waals surface area contributed by atoms with Gasteiger partial charge in [-0.15, -0.1) is 11.3 Å². The molecule has 0 radical (unpaired) electrons. The number of benzene rings is 1. The van der Waals surface area contributed by atoms with Crippen molar-refractivity contribution in [1.29, 1.82) is 0 Å². The first-order valence-electron chi connectivity index (χ1n) is 12.0. The summed E-state index contributed by atoms with van der Waals surface area (Å²) in [7, 11) is 4.74. The van der Waals surface area contributed by atoms with Gasteiger partial charge in [0, 0.05) is 16.7 Å². The molecule has 0 aliphatic heterocycles. The Morgan fingerprint density at radius 3 is 2.50 bits per heavy atom. The third-order valence-corrected chi connectivity index (χ3v) is 7.88. The molecule has 8 heteroatoms. The van der Waals surface area contributed by atoms with Crippen molar-refractivity contribution >= 4 is 28.5 Å². The average molecular weight is 511 g/mol. The molecule has 1 atom stereocenters. The molecule has 0 saturated carbocycles. The highest BCUT2D eigenvalue weighted by Crippen LogP contribution is 2.45. The van der Waals surface area contributed by atoms with Crippen LogP contribution >= 0.6 is 11.3 Å². The van der Waals surface area contributed by atoms with Crippen molar-refractivity contribution in [3.8, 4) is 17.2 Å². The van der Waals surface area contributed by atoms with E-state index < -0.39 is 0 Å². The lowest BCUT2D eigenvalue weighted by Crippen LogP contribution is -2.28. The normalized spacial score (nSPS) is 15.6. The molecule has 7 nitrogen and oxygen atoms in total. The van der Waals surface area contributed by atoms with Crippen LogP contribution in [0.5, 0.6) is 17.2 Å². The van der Waals surface area contributed by atoms with Crippen LogP contribution in [0.15, 0.2) is 39.9 Å². The summed E-state index contributed by atoms with van der Waals surface area (Å²) in [6.45, 7) is 7.20. The molecule has 192 valence electrons. The second kappa shape index (κ2) is 10.8. The number of hydrogen-bond acceptors (Lipinski definition) is 7. The minimum atomic E-state index is -0.129. The molecule has 2 heterocycles. The van der Waals surface area contributed by atoms with Gasteiger partial charge in [-0.25, -0.2) is 4.99 Å². The number of thiophene rings is 1. The van der Waals surface area contributed by atoms with Crippen molar-refractivity contribution in [3.63, 3.8) is 0 Å². The Labute approximate surface area is 216 Å². The van der Waals surface area contributed by atoms with Gasteiger partial charge in [0.05, 0.1) is 39.7 Å². The number of ether oxygens (including phenoxy) is 3. The maximum atomic E-state index is 13.4. The van der Waals surface area contributed by atoms with E-state index in [1.165, 1.54) is 4.88 Å². The highest BCUT2D eigenvalue weighted by molar-refractivity contribution is 7.16. The van der Waals surface area contributed by atoms with Gasteiger partial charge in [-0.3, -0.25) is 4.79 Å². The number of nitrogens with one attached hydrogen (secondary N) is 1. The van der Waals surface area contributed by atoms with Gasteiger partial charge in [0.15, 0.2) is 11.5 Å². The fraction of sp³-hybridized carbons (Fsp3) is 0.429. The molecule has 0 spiro atoms. The molecule has 2 aromatic heterocycles. The van der Waals surface area contributed by atoms with E-state index in [1.54, 1.807) is 45.1 Å². The van der Waals surface area contributed by atoms with E-state index in [0.717, 1.165) is 30.4 Å². The number of methoxy groups -OCH3 is 3. The molecule has 1 aliphatic rings. The molecule has 0 bridgehead atoms. The predicted molar refractivity (Wildman–Crippen MR) is 143 cm³/mol. The summed E-state index contributed by atoms with van der Waals surface area (Å²) < 4.78 is 21.8. The van der Waals surface area contributed by atoms with Gasteiger partial charge >= 0.3 is 0 Å². The molecule has 1 aliphatic carbocycles. The van der Waals surface area contributed by atoms with Gasteiger partial charge in [0.1, 0.15) is 10.8 Å². The summed E-state index contributed by atoms with van der Waals surface area (Å²) in [6.07, 6.45) is 6.24. The lowest BCUT2D eigenvalue weighted by molar-refractivity contribution is 0.0947. The Bertz CT molecular complexity index is 1210. The SMILES string of the molecule is COc1cc(C=Nc2sc3c(c2C(=O)NCc2ccco2)CC[C@H](C(C)(C)C)C3)cc(OC)c1OC. The van der Waals surface area contributed by atoms with Crippen LogP contribution in [0.25, 0.3) is 0 Å². The van der Waals surface area contributed by atoms with Crippen molar-refractivity contribution in [2.75, 3.05) is 21.3 Å². The highest BCUT2D eigenvalue weighted by atomic mass is 32.1. The topological polar surface area (TPSA) is 82.3 Å². The Morgan fingerprint density at radius 2 is 1.92 bits per heavy atom. The third-order valence-electron chi connectivity index (χ3n) is 6.72. The molecule has 1 aromatic carbocycles. The van der Waals surface area contributed by atoms with E-state index in [0.29, 0.717) is 46.0 Å². The minimum absolute atomic E-state index is 0.129. The lowest BCUT2D eigenvalue weighted by atomic mass is 9.72. The van der Waals surface area contributed by atoms with E-state index in [1.807, 2.05) is 24.3 Å². The number of hydrogen-bond donors (Lipinski definition) is 1. The van der Waals surface area contributed by atoms with Crippen molar-refractivity contribution in [2.24, 2.45) is 16.3 Å². The van der Waals surface area contributed by atoms with Crippen molar-refractivity contribution < 1.29 is 23.4 Å². The van der Waals surface area contributed by atoms with Crippen LogP contribution in [-0.2, 0) is 19.4 Å². The zero-order valence-electron chi connectivity index (χ0n) is 21.8. The van der Waals surface area contributed by atoms with Crippen LogP contribution in [-0.4, -0.2) is 33.5 Å². The Morgan fingerprint density at radius 1 is 1.19 bits per heavy atom. The highest BCUT2D eigenvalue weighted by Gasteiger charge is 2.33. The second-order valence-electron chi connectivity index (χ2n) is 9.97. The molecule has 3 aromatic rings. The maximum Gasteiger partial charge on any atom is 0.255 e. The van der Waals surface area contributed by atoms with Crippen LogP contribution in [0, 0.1) is 11.3 Å². The fourth-order valence-electron chi connectivity index (χ4n) is 4.61. The molecule has 0 unspecified atom stereocenters.